The molecule has 80 valence electrons. The van der Waals surface area contributed by atoms with Crippen molar-refractivity contribution in [3.05, 3.63) is 35.9 Å². The van der Waals surface area contributed by atoms with E-state index in [-0.39, 0.29) is 11.6 Å². The predicted molar refractivity (Wildman–Crippen MR) is 60.3 cm³/mol. The fraction of sp³-hybridized carbons (Fsp3) is 0.333. The summed E-state index contributed by atoms with van der Waals surface area (Å²) in [7, 11) is 0. The molecule has 0 spiro atoms. The van der Waals surface area contributed by atoms with E-state index in [0.717, 1.165) is 0 Å². The van der Waals surface area contributed by atoms with Gasteiger partial charge in [-0.1, -0.05) is 30.3 Å². The normalized spacial score (nSPS) is 12.1. The van der Waals surface area contributed by atoms with E-state index in [9.17, 15) is 9.59 Å². The van der Waals surface area contributed by atoms with Crippen molar-refractivity contribution in [3.63, 3.8) is 0 Å². The standard InChI is InChI=1S/C12H13ClO2/c1-9(14)7-8-11(13)12(15)10-5-3-2-4-6-10/h2-6,11H,7-8H2,1H3. The van der Waals surface area contributed by atoms with E-state index in [4.69, 9.17) is 11.6 Å². The van der Waals surface area contributed by atoms with Crippen LogP contribution >= 0.6 is 11.6 Å². The molecule has 0 aliphatic rings. The molecule has 1 unspecified atom stereocenters. The van der Waals surface area contributed by atoms with Crippen LogP contribution in [0.25, 0.3) is 0 Å². The molecule has 2 nitrogen and oxygen atoms in total. The molecule has 1 atom stereocenters. The molecule has 0 aromatic heterocycles. The molecule has 0 saturated heterocycles. The highest BCUT2D eigenvalue weighted by Gasteiger charge is 2.17. The summed E-state index contributed by atoms with van der Waals surface area (Å²) in [5, 5.41) is -0.601. The van der Waals surface area contributed by atoms with Gasteiger partial charge in [-0.25, -0.2) is 0 Å². The Morgan fingerprint density at radius 1 is 1.27 bits per heavy atom. The van der Waals surface area contributed by atoms with Crippen LogP contribution in [0.2, 0.25) is 0 Å². The molecule has 15 heavy (non-hydrogen) atoms. The SMILES string of the molecule is CC(=O)CCC(Cl)C(=O)c1ccccc1. The second-order valence-corrected chi connectivity index (χ2v) is 3.97. The lowest BCUT2D eigenvalue weighted by atomic mass is 10.0. The van der Waals surface area contributed by atoms with E-state index in [1.54, 1.807) is 24.3 Å². The molecular formula is C12H13ClO2. The van der Waals surface area contributed by atoms with Crippen LogP contribution in [0, 0.1) is 0 Å². The fourth-order valence-electron chi connectivity index (χ4n) is 1.24. The molecule has 1 aromatic rings. The van der Waals surface area contributed by atoms with Gasteiger partial charge in [-0.15, -0.1) is 11.6 Å². The van der Waals surface area contributed by atoms with Gasteiger partial charge in [0.15, 0.2) is 5.78 Å². The Labute approximate surface area is 94.2 Å². The summed E-state index contributed by atoms with van der Waals surface area (Å²) in [5.41, 5.74) is 0.598. The molecule has 0 bridgehead atoms. The van der Waals surface area contributed by atoms with Crippen molar-refractivity contribution < 1.29 is 9.59 Å². The fourth-order valence-corrected chi connectivity index (χ4v) is 1.48. The van der Waals surface area contributed by atoms with Gasteiger partial charge in [0.1, 0.15) is 5.78 Å². The highest BCUT2D eigenvalue weighted by molar-refractivity contribution is 6.33. The van der Waals surface area contributed by atoms with Gasteiger partial charge >= 0.3 is 0 Å². The first kappa shape index (κ1) is 11.9. The summed E-state index contributed by atoms with van der Waals surface area (Å²) >= 11 is 5.91. The van der Waals surface area contributed by atoms with Gasteiger partial charge in [-0.2, -0.15) is 0 Å². The number of halogens is 1. The van der Waals surface area contributed by atoms with E-state index >= 15 is 0 Å². The van der Waals surface area contributed by atoms with Crippen LogP contribution < -0.4 is 0 Å². The Balaban J connectivity index is 2.57. The minimum Gasteiger partial charge on any atom is -0.300 e. The molecule has 0 amide bonds. The van der Waals surface area contributed by atoms with Crippen molar-refractivity contribution in [1.82, 2.24) is 0 Å². The van der Waals surface area contributed by atoms with E-state index < -0.39 is 5.38 Å². The van der Waals surface area contributed by atoms with Gasteiger partial charge in [0.2, 0.25) is 0 Å². The Hall–Kier alpha value is -1.15. The summed E-state index contributed by atoms with van der Waals surface area (Å²) in [6.07, 6.45) is 0.761. The van der Waals surface area contributed by atoms with E-state index in [0.29, 0.717) is 18.4 Å². The molecule has 0 aliphatic heterocycles. The number of Topliss-reactive ketones (excluding diaryl/α,β-unsaturated/α-hetero) is 2. The first-order valence-corrected chi connectivity index (χ1v) is 5.27. The number of benzene rings is 1. The number of ketones is 2. The van der Waals surface area contributed by atoms with Crippen molar-refractivity contribution in [1.29, 1.82) is 0 Å². The lowest BCUT2D eigenvalue weighted by Crippen LogP contribution is -2.15. The first-order chi connectivity index (χ1) is 7.11. The van der Waals surface area contributed by atoms with Crippen molar-refractivity contribution in [3.8, 4) is 0 Å². The van der Waals surface area contributed by atoms with Crippen LogP contribution in [0.5, 0.6) is 0 Å². The minimum atomic E-state index is -0.601. The Morgan fingerprint density at radius 3 is 2.40 bits per heavy atom. The predicted octanol–water partition coefficient (Wildman–Crippen LogP) is 2.85. The maximum absolute atomic E-state index is 11.7. The minimum absolute atomic E-state index is 0.0570. The van der Waals surface area contributed by atoms with Gasteiger partial charge in [0.25, 0.3) is 0 Å². The van der Waals surface area contributed by atoms with Crippen LogP contribution in [0.1, 0.15) is 30.1 Å². The van der Waals surface area contributed by atoms with Crippen LogP contribution in [-0.2, 0) is 4.79 Å². The molecule has 0 aliphatic carbocycles. The summed E-state index contributed by atoms with van der Waals surface area (Å²) in [6.45, 7) is 1.50. The summed E-state index contributed by atoms with van der Waals surface area (Å²) < 4.78 is 0. The Kier molecular flexibility index (Phi) is 4.50. The molecular weight excluding hydrogens is 212 g/mol. The number of rotatable bonds is 5. The average Bonchev–Trinajstić information content (AvgIpc) is 2.26. The van der Waals surface area contributed by atoms with Crippen LogP contribution in [0.15, 0.2) is 30.3 Å². The van der Waals surface area contributed by atoms with Gasteiger partial charge in [0.05, 0.1) is 5.38 Å². The lowest BCUT2D eigenvalue weighted by Gasteiger charge is -2.06. The molecule has 0 radical (unpaired) electrons. The average molecular weight is 225 g/mol. The molecule has 0 heterocycles. The second kappa shape index (κ2) is 5.66. The number of carbonyl (C=O) groups excluding carboxylic acids is 2. The molecule has 0 fully saturated rings. The quantitative estimate of drug-likeness (QED) is 0.569. The van der Waals surface area contributed by atoms with Crippen LogP contribution in [-0.4, -0.2) is 16.9 Å². The van der Waals surface area contributed by atoms with Crippen molar-refractivity contribution in [2.45, 2.75) is 25.1 Å². The molecule has 1 aromatic carbocycles. The van der Waals surface area contributed by atoms with Gasteiger partial charge in [-0.3, -0.25) is 4.79 Å². The van der Waals surface area contributed by atoms with Gasteiger partial charge < -0.3 is 4.79 Å². The lowest BCUT2D eigenvalue weighted by molar-refractivity contribution is -0.117. The zero-order valence-corrected chi connectivity index (χ0v) is 9.33. The number of hydrogen-bond acceptors (Lipinski definition) is 2. The maximum Gasteiger partial charge on any atom is 0.180 e. The Bertz CT molecular complexity index is 346. The third-order valence-corrected chi connectivity index (χ3v) is 2.51. The number of carbonyl (C=O) groups is 2. The summed E-state index contributed by atoms with van der Waals surface area (Å²) in [5.74, 6) is -0.0555. The highest BCUT2D eigenvalue weighted by Crippen LogP contribution is 2.13. The zero-order chi connectivity index (χ0) is 11.3. The van der Waals surface area contributed by atoms with E-state index in [1.165, 1.54) is 6.92 Å². The molecule has 0 N–H and O–H groups in total. The third kappa shape index (κ3) is 3.84. The van der Waals surface area contributed by atoms with Crippen molar-refractivity contribution in [2.75, 3.05) is 0 Å². The maximum atomic E-state index is 11.7. The van der Waals surface area contributed by atoms with E-state index in [1.807, 2.05) is 6.07 Å². The van der Waals surface area contributed by atoms with Crippen molar-refractivity contribution >= 4 is 23.2 Å². The topological polar surface area (TPSA) is 34.1 Å². The second-order valence-electron chi connectivity index (χ2n) is 3.44. The molecule has 0 saturated carbocycles. The van der Waals surface area contributed by atoms with Gasteiger partial charge in [-0.05, 0) is 13.3 Å². The van der Waals surface area contributed by atoms with Crippen LogP contribution in [0.3, 0.4) is 0 Å². The van der Waals surface area contributed by atoms with Gasteiger partial charge in [0, 0.05) is 12.0 Å². The summed E-state index contributed by atoms with van der Waals surface area (Å²) in [4.78, 5) is 22.5. The molecule has 1 rings (SSSR count). The molecule has 3 heteroatoms. The van der Waals surface area contributed by atoms with E-state index in [2.05, 4.69) is 0 Å². The smallest absolute Gasteiger partial charge is 0.180 e. The van der Waals surface area contributed by atoms with Crippen molar-refractivity contribution in [2.24, 2.45) is 0 Å². The highest BCUT2D eigenvalue weighted by atomic mass is 35.5. The Morgan fingerprint density at radius 2 is 1.87 bits per heavy atom. The van der Waals surface area contributed by atoms with Crippen LogP contribution in [0.4, 0.5) is 0 Å². The first-order valence-electron chi connectivity index (χ1n) is 4.84. The number of hydrogen-bond donors (Lipinski definition) is 0. The number of alkyl halides is 1. The zero-order valence-electron chi connectivity index (χ0n) is 8.57. The largest absolute Gasteiger partial charge is 0.300 e. The third-order valence-electron chi connectivity index (χ3n) is 2.09. The monoisotopic (exact) mass is 224 g/mol. The summed E-state index contributed by atoms with van der Waals surface area (Å²) in [6, 6.07) is 8.89.